The second kappa shape index (κ2) is 7.57. The highest BCUT2D eigenvalue weighted by atomic mass is 16.5. The van der Waals surface area contributed by atoms with Crippen molar-refractivity contribution in [2.75, 3.05) is 27.3 Å². The molecular weight excluding hydrogens is 310 g/mol. The molecule has 0 aromatic heterocycles. The first-order valence-electron chi connectivity index (χ1n) is 10.2. The van der Waals surface area contributed by atoms with Gasteiger partial charge in [-0.1, -0.05) is 19.3 Å². The fourth-order valence-corrected chi connectivity index (χ4v) is 5.76. The lowest BCUT2D eigenvalue weighted by atomic mass is 9.85. The number of nitrogens with zero attached hydrogens (tertiary/aromatic N) is 1. The van der Waals surface area contributed by atoms with Gasteiger partial charge in [-0.2, -0.15) is 0 Å². The molecule has 2 saturated carbocycles. The van der Waals surface area contributed by atoms with Crippen molar-refractivity contribution in [3.05, 3.63) is 23.8 Å². The predicted octanol–water partition coefficient (Wildman–Crippen LogP) is 4.85. The lowest BCUT2D eigenvalue weighted by molar-refractivity contribution is 0.104. The zero-order valence-corrected chi connectivity index (χ0v) is 15.9. The average Bonchev–Trinajstić information content (AvgIpc) is 3.02. The molecule has 3 nitrogen and oxygen atoms in total. The lowest BCUT2D eigenvalue weighted by Crippen LogP contribution is -2.44. The highest BCUT2D eigenvalue weighted by Crippen LogP contribution is 2.44. The minimum atomic E-state index is 0.600. The number of rotatable bonds is 4. The zero-order valence-electron chi connectivity index (χ0n) is 15.9. The molecule has 1 aliphatic heterocycles. The van der Waals surface area contributed by atoms with Crippen molar-refractivity contribution in [2.24, 2.45) is 11.8 Å². The Kier molecular flexibility index (Phi) is 5.21. The van der Waals surface area contributed by atoms with Crippen molar-refractivity contribution in [3.8, 4) is 11.5 Å². The zero-order chi connectivity index (χ0) is 17.2. The number of hydrogen-bond donors (Lipinski definition) is 0. The van der Waals surface area contributed by atoms with Crippen LogP contribution in [0.5, 0.6) is 11.5 Å². The summed E-state index contributed by atoms with van der Waals surface area (Å²) in [5, 5.41) is 0. The maximum Gasteiger partial charge on any atom is 0.122 e. The van der Waals surface area contributed by atoms with Gasteiger partial charge in [-0.25, -0.2) is 0 Å². The van der Waals surface area contributed by atoms with E-state index in [-0.39, 0.29) is 0 Å². The Balaban J connectivity index is 1.43. The van der Waals surface area contributed by atoms with Crippen LogP contribution >= 0.6 is 0 Å². The van der Waals surface area contributed by atoms with E-state index in [4.69, 9.17) is 9.47 Å². The Labute approximate surface area is 152 Å². The van der Waals surface area contributed by atoms with Gasteiger partial charge in [-0.15, -0.1) is 0 Å². The summed E-state index contributed by atoms with van der Waals surface area (Å²) in [7, 11) is 3.53. The normalized spacial score (nSPS) is 30.9. The monoisotopic (exact) mass is 343 g/mol. The summed E-state index contributed by atoms with van der Waals surface area (Å²) in [6, 6.07) is 7.11. The number of methoxy groups -OCH3 is 2. The number of likely N-dealkylation sites (tertiary alicyclic amines) is 1. The lowest BCUT2D eigenvalue weighted by Gasteiger charge is -2.40. The quantitative estimate of drug-likeness (QED) is 0.780. The van der Waals surface area contributed by atoms with Crippen molar-refractivity contribution in [2.45, 2.75) is 63.3 Å². The van der Waals surface area contributed by atoms with Crippen LogP contribution in [0.25, 0.3) is 0 Å². The van der Waals surface area contributed by atoms with Gasteiger partial charge in [0.25, 0.3) is 0 Å². The van der Waals surface area contributed by atoms with Gasteiger partial charge < -0.3 is 14.4 Å². The van der Waals surface area contributed by atoms with Crippen molar-refractivity contribution in [3.63, 3.8) is 0 Å². The van der Waals surface area contributed by atoms with Gasteiger partial charge >= 0.3 is 0 Å². The highest BCUT2D eigenvalue weighted by Gasteiger charge is 2.37. The van der Waals surface area contributed by atoms with E-state index in [1.807, 2.05) is 6.07 Å². The fraction of sp³-hybridized carbons (Fsp3) is 0.727. The minimum absolute atomic E-state index is 0.600. The Morgan fingerprint density at radius 2 is 1.76 bits per heavy atom. The molecule has 4 rings (SSSR count). The van der Waals surface area contributed by atoms with E-state index in [1.54, 1.807) is 14.2 Å². The molecule has 1 saturated heterocycles. The summed E-state index contributed by atoms with van der Waals surface area (Å²) in [6.07, 6.45) is 11.4. The Morgan fingerprint density at radius 1 is 0.920 bits per heavy atom. The number of benzene rings is 1. The van der Waals surface area contributed by atoms with Crippen LogP contribution < -0.4 is 9.47 Å². The summed E-state index contributed by atoms with van der Waals surface area (Å²) >= 11 is 0. The second-order valence-corrected chi connectivity index (χ2v) is 8.36. The Morgan fingerprint density at radius 3 is 2.52 bits per heavy atom. The third-order valence-electron chi connectivity index (χ3n) is 7.11. The van der Waals surface area contributed by atoms with Gasteiger partial charge in [-0.3, -0.25) is 0 Å². The molecule has 2 bridgehead atoms. The van der Waals surface area contributed by atoms with Crippen LogP contribution in [0.2, 0.25) is 0 Å². The van der Waals surface area contributed by atoms with Crippen LogP contribution in [-0.2, 0) is 0 Å². The first kappa shape index (κ1) is 17.2. The van der Waals surface area contributed by atoms with Crippen LogP contribution in [-0.4, -0.2) is 38.3 Å². The van der Waals surface area contributed by atoms with Crippen LogP contribution in [0.4, 0.5) is 0 Å². The first-order chi connectivity index (χ1) is 12.3. The maximum atomic E-state index is 5.63. The molecule has 1 aromatic rings. The summed E-state index contributed by atoms with van der Waals surface area (Å²) in [5.41, 5.74) is 1.34. The summed E-state index contributed by atoms with van der Waals surface area (Å²) < 4.78 is 11.1. The van der Waals surface area contributed by atoms with Gasteiger partial charge in [0.2, 0.25) is 0 Å². The van der Waals surface area contributed by atoms with Gasteiger partial charge in [0.1, 0.15) is 11.5 Å². The van der Waals surface area contributed by atoms with Crippen molar-refractivity contribution >= 4 is 0 Å². The molecule has 1 heterocycles. The van der Waals surface area contributed by atoms with Crippen LogP contribution in [0.1, 0.15) is 62.8 Å². The van der Waals surface area contributed by atoms with Gasteiger partial charge in [0, 0.05) is 11.6 Å². The van der Waals surface area contributed by atoms with Crippen LogP contribution in [0.3, 0.4) is 0 Å². The Bertz CT molecular complexity index is 579. The molecule has 1 aromatic carbocycles. The van der Waals surface area contributed by atoms with E-state index in [2.05, 4.69) is 17.0 Å². The summed E-state index contributed by atoms with van der Waals surface area (Å²) in [5.74, 6) is 4.60. The molecule has 0 spiro atoms. The summed E-state index contributed by atoms with van der Waals surface area (Å²) in [6.45, 7) is 2.49. The van der Waals surface area contributed by atoms with Gasteiger partial charge in [0.05, 0.1) is 14.2 Å². The second-order valence-electron chi connectivity index (χ2n) is 8.36. The first-order valence-corrected chi connectivity index (χ1v) is 10.2. The van der Waals surface area contributed by atoms with Crippen LogP contribution in [0, 0.1) is 11.8 Å². The topological polar surface area (TPSA) is 21.7 Å². The largest absolute Gasteiger partial charge is 0.497 e. The fourth-order valence-electron chi connectivity index (χ4n) is 5.76. The molecule has 2 unspecified atom stereocenters. The van der Waals surface area contributed by atoms with E-state index in [0.29, 0.717) is 5.92 Å². The predicted molar refractivity (Wildman–Crippen MR) is 102 cm³/mol. The average molecular weight is 344 g/mol. The molecule has 3 fully saturated rings. The van der Waals surface area contributed by atoms with E-state index in [0.717, 1.165) is 29.4 Å². The maximum absolute atomic E-state index is 5.63. The molecule has 3 heteroatoms. The Hall–Kier alpha value is -1.22. The summed E-state index contributed by atoms with van der Waals surface area (Å²) in [4.78, 5) is 2.83. The molecule has 2 aliphatic carbocycles. The van der Waals surface area contributed by atoms with E-state index < -0.39 is 0 Å². The van der Waals surface area contributed by atoms with Crippen LogP contribution in [0.15, 0.2) is 18.2 Å². The number of ether oxygens (including phenoxy) is 2. The third-order valence-corrected chi connectivity index (χ3v) is 7.11. The van der Waals surface area contributed by atoms with E-state index in [9.17, 15) is 0 Å². The third kappa shape index (κ3) is 3.53. The van der Waals surface area contributed by atoms with E-state index >= 15 is 0 Å². The molecule has 3 aliphatic rings. The minimum Gasteiger partial charge on any atom is -0.497 e. The SMILES string of the molecule is COc1ccc(OC)c(C2CCN(C3CCC[C@H]4CCC3C4)CC2)c1. The molecule has 0 N–H and O–H groups in total. The molecule has 0 radical (unpaired) electrons. The van der Waals surface area contributed by atoms with Crippen molar-refractivity contribution in [1.82, 2.24) is 4.90 Å². The molecule has 0 amide bonds. The molecular formula is C22H33NO2. The standard InChI is InChI=1S/C22H33NO2/c1-24-19-8-9-22(25-2)20(15-19)17-10-12-23(13-11-17)21-5-3-4-16-6-7-18(21)14-16/h8-9,15-18,21H,3-7,10-14H2,1-2H3/t16-,18?,21?/m0/s1. The number of hydrogen-bond acceptors (Lipinski definition) is 3. The van der Waals surface area contributed by atoms with E-state index in [1.165, 1.54) is 70.0 Å². The van der Waals surface area contributed by atoms with Crippen molar-refractivity contribution in [1.29, 1.82) is 0 Å². The van der Waals surface area contributed by atoms with Gasteiger partial charge in [0.15, 0.2) is 0 Å². The number of piperidine rings is 1. The molecule has 25 heavy (non-hydrogen) atoms. The van der Waals surface area contributed by atoms with Crippen molar-refractivity contribution < 1.29 is 9.47 Å². The molecule has 3 atom stereocenters. The molecule has 138 valence electrons. The van der Waals surface area contributed by atoms with Gasteiger partial charge in [-0.05, 0) is 81.1 Å². The highest BCUT2D eigenvalue weighted by molar-refractivity contribution is 5.42. The number of fused-ring (bicyclic) bond motifs is 2. The smallest absolute Gasteiger partial charge is 0.122 e.